The van der Waals surface area contributed by atoms with Crippen LogP contribution in [0.3, 0.4) is 0 Å². The van der Waals surface area contributed by atoms with Crippen LogP contribution in [0.5, 0.6) is 0 Å². The fraction of sp³-hybridized carbons (Fsp3) is 0.500. The molecule has 0 radical (unpaired) electrons. The fourth-order valence-corrected chi connectivity index (χ4v) is 3.22. The first-order chi connectivity index (χ1) is 7.38. The van der Waals surface area contributed by atoms with Crippen molar-refractivity contribution in [3.8, 4) is 0 Å². The van der Waals surface area contributed by atoms with Crippen molar-refractivity contribution in [2.45, 2.75) is 40.5 Å². The molecule has 2 rings (SSSR count). The normalized spacial score (nSPS) is 20.1. The van der Waals surface area contributed by atoms with E-state index in [-0.39, 0.29) is 24.8 Å². The van der Waals surface area contributed by atoms with Crippen molar-refractivity contribution < 1.29 is 0 Å². The summed E-state index contributed by atoms with van der Waals surface area (Å²) < 4.78 is 0. The molecule has 0 aliphatic heterocycles. The van der Waals surface area contributed by atoms with Crippen molar-refractivity contribution >= 4 is 30.4 Å². The Labute approximate surface area is 124 Å². The topological polar surface area (TPSA) is 0 Å². The molecular formula is C16H24Cl2. The van der Waals surface area contributed by atoms with E-state index in [0.717, 1.165) is 0 Å². The van der Waals surface area contributed by atoms with Crippen LogP contribution < -0.4 is 0 Å². The van der Waals surface area contributed by atoms with Crippen molar-refractivity contribution in [1.29, 1.82) is 0 Å². The van der Waals surface area contributed by atoms with E-state index in [0.29, 0.717) is 10.8 Å². The highest BCUT2D eigenvalue weighted by atomic mass is 35.5. The molecule has 0 unspecified atom stereocenters. The van der Waals surface area contributed by atoms with Crippen molar-refractivity contribution in [3.63, 3.8) is 0 Å². The van der Waals surface area contributed by atoms with Gasteiger partial charge in [-0.25, -0.2) is 0 Å². The van der Waals surface area contributed by atoms with Gasteiger partial charge in [-0.1, -0.05) is 64.1 Å². The first-order valence-corrected chi connectivity index (χ1v) is 6.15. The van der Waals surface area contributed by atoms with Crippen molar-refractivity contribution in [2.75, 3.05) is 0 Å². The number of hydrogen-bond acceptors (Lipinski definition) is 0. The average Bonchev–Trinajstić information content (AvgIpc) is 2.14. The quantitative estimate of drug-likeness (QED) is 0.616. The van der Waals surface area contributed by atoms with Crippen LogP contribution in [0.25, 0.3) is 5.57 Å². The zero-order valence-corrected chi connectivity index (χ0v) is 13.3. The third-order valence-electron chi connectivity index (χ3n) is 3.31. The van der Waals surface area contributed by atoms with Gasteiger partial charge in [0.05, 0.1) is 0 Å². The number of allylic oxidation sites excluding steroid dienone is 2. The Morgan fingerprint density at radius 2 is 1.44 bits per heavy atom. The summed E-state index contributed by atoms with van der Waals surface area (Å²) >= 11 is 0. The van der Waals surface area contributed by atoms with E-state index < -0.39 is 0 Å². The number of halogens is 2. The molecule has 2 heteroatoms. The molecule has 1 aromatic rings. The summed E-state index contributed by atoms with van der Waals surface area (Å²) in [6.45, 7) is 9.45. The number of rotatable bonds is 1. The predicted molar refractivity (Wildman–Crippen MR) is 85.7 cm³/mol. The van der Waals surface area contributed by atoms with E-state index in [9.17, 15) is 0 Å². The Kier molecular flexibility index (Phi) is 5.97. The Morgan fingerprint density at radius 1 is 0.889 bits per heavy atom. The Bertz CT molecular complexity index is 402. The molecule has 0 bridgehead atoms. The molecule has 1 aliphatic carbocycles. The highest BCUT2D eigenvalue weighted by molar-refractivity contribution is 5.85. The van der Waals surface area contributed by atoms with Gasteiger partial charge in [0.2, 0.25) is 0 Å². The second-order valence-electron chi connectivity index (χ2n) is 6.54. The molecular weight excluding hydrogens is 263 g/mol. The van der Waals surface area contributed by atoms with Gasteiger partial charge in [0.25, 0.3) is 0 Å². The van der Waals surface area contributed by atoms with Crippen molar-refractivity contribution in [2.24, 2.45) is 10.8 Å². The molecule has 0 spiro atoms. The number of benzene rings is 1. The lowest BCUT2D eigenvalue weighted by Crippen LogP contribution is -2.26. The molecule has 0 aromatic heterocycles. The second kappa shape index (κ2) is 6.12. The highest BCUT2D eigenvalue weighted by Gasteiger charge is 2.33. The molecule has 0 heterocycles. The highest BCUT2D eigenvalue weighted by Crippen LogP contribution is 2.47. The predicted octanol–water partition coefficient (Wildman–Crippen LogP) is 5.76. The summed E-state index contributed by atoms with van der Waals surface area (Å²) in [6, 6.07) is 10.8. The average molecular weight is 287 g/mol. The summed E-state index contributed by atoms with van der Waals surface area (Å²) in [5, 5.41) is 0. The maximum atomic E-state index is 2.47. The van der Waals surface area contributed by atoms with Gasteiger partial charge in [0.1, 0.15) is 0 Å². The molecule has 0 N–H and O–H groups in total. The molecule has 1 aromatic carbocycles. The maximum absolute atomic E-state index is 2.47. The van der Waals surface area contributed by atoms with Gasteiger partial charge in [-0.2, -0.15) is 0 Å². The van der Waals surface area contributed by atoms with Gasteiger partial charge < -0.3 is 0 Å². The molecule has 0 saturated carbocycles. The van der Waals surface area contributed by atoms with Crippen LogP contribution in [0.2, 0.25) is 0 Å². The zero-order chi connectivity index (χ0) is 11.8. The lowest BCUT2D eigenvalue weighted by molar-refractivity contribution is 0.229. The van der Waals surface area contributed by atoms with E-state index in [2.05, 4.69) is 64.1 Å². The Hall–Kier alpha value is -0.460. The smallest absolute Gasteiger partial charge is 0.0164 e. The minimum Gasteiger partial charge on any atom is -0.147 e. The van der Waals surface area contributed by atoms with Crippen molar-refractivity contribution in [1.82, 2.24) is 0 Å². The van der Waals surface area contributed by atoms with Gasteiger partial charge in [0.15, 0.2) is 0 Å². The van der Waals surface area contributed by atoms with Crippen LogP contribution in [-0.4, -0.2) is 0 Å². The first-order valence-electron chi connectivity index (χ1n) is 6.15. The van der Waals surface area contributed by atoms with Gasteiger partial charge in [0, 0.05) is 0 Å². The standard InChI is InChI=1S/C16H22.2ClH/c1-15(2)10-14(11-16(3,4)12-15)13-8-6-5-7-9-13;;/h5-10H,11-12H2,1-4H3;2*1H. The maximum Gasteiger partial charge on any atom is -0.0164 e. The molecule has 0 saturated heterocycles. The van der Waals surface area contributed by atoms with E-state index in [1.165, 1.54) is 24.0 Å². The summed E-state index contributed by atoms with van der Waals surface area (Å²) in [6.07, 6.45) is 4.93. The molecule has 18 heavy (non-hydrogen) atoms. The monoisotopic (exact) mass is 286 g/mol. The molecule has 0 amide bonds. The lowest BCUT2D eigenvalue weighted by atomic mass is 9.66. The minimum atomic E-state index is 0. The fourth-order valence-electron chi connectivity index (χ4n) is 3.22. The minimum absolute atomic E-state index is 0. The molecule has 0 nitrogen and oxygen atoms in total. The van der Waals surface area contributed by atoms with Gasteiger partial charge in [-0.05, 0) is 34.8 Å². The third kappa shape index (κ3) is 4.33. The van der Waals surface area contributed by atoms with Gasteiger partial charge >= 0.3 is 0 Å². The lowest BCUT2D eigenvalue weighted by Gasteiger charge is -2.39. The van der Waals surface area contributed by atoms with Gasteiger partial charge in [-0.15, -0.1) is 24.8 Å². The first kappa shape index (κ1) is 17.5. The van der Waals surface area contributed by atoms with Crippen LogP contribution in [-0.2, 0) is 0 Å². The van der Waals surface area contributed by atoms with E-state index >= 15 is 0 Å². The molecule has 1 aliphatic rings. The zero-order valence-electron chi connectivity index (χ0n) is 11.7. The summed E-state index contributed by atoms with van der Waals surface area (Å²) in [5.41, 5.74) is 3.65. The summed E-state index contributed by atoms with van der Waals surface area (Å²) in [4.78, 5) is 0. The Morgan fingerprint density at radius 3 is 1.94 bits per heavy atom. The largest absolute Gasteiger partial charge is 0.147 e. The molecule has 102 valence electrons. The molecule has 0 fully saturated rings. The molecule has 0 atom stereocenters. The van der Waals surface area contributed by atoms with Gasteiger partial charge in [-0.3, -0.25) is 0 Å². The Balaban J connectivity index is 0.00000144. The summed E-state index contributed by atoms with van der Waals surface area (Å²) in [7, 11) is 0. The van der Waals surface area contributed by atoms with E-state index in [1.54, 1.807) is 0 Å². The number of hydrogen-bond donors (Lipinski definition) is 0. The van der Waals surface area contributed by atoms with Crippen molar-refractivity contribution in [3.05, 3.63) is 42.0 Å². The summed E-state index contributed by atoms with van der Waals surface area (Å²) in [5.74, 6) is 0. The third-order valence-corrected chi connectivity index (χ3v) is 3.31. The van der Waals surface area contributed by atoms with E-state index in [4.69, 9.17) is 0 Å². The van der Waals surface area contributed by atoms with Crippen LogP contribution >= 0.6 is 24.8 Å². The van der Waals surface area contributed by atoms with Crippen LogP contribution in [0.1, 0.15) is 46.1 Å². The van der Waals surface area contributed by atoms with E-state index in [1.807, 2.05) is 0 Å². The van der Waals surface area contributed by atoms with Crippen LogP contribution in [0, 0.1) is 10.8 Å². The SMILES string of the molecule is CC1(C)C=C(c2ccccc2)CC(C)(C)C1.Cl.Cl. The van der Waals surface area contributed by atoms with Crippen LogP contribution in [0.4, 0.5) is 0 Å². The van der Waals surface area contributed by atoms with Crippen LogP contribution in [0.15, 0.2) is 36.4 Å². The second-order valence-corrected chi connectivity index (χ2v) is 6.54.